The minimum absolute atomic E-state index is 0.0361. The van der Waals surface area contributed by atoms with Gasteiger partial charge in [-0.3, -0.25) is 14.2 Å². The third-order valence-corrected chi connectivity index (χ3v) is 6.94. The predicted molar refractivity (Wildman–Crippen MR) is 121 cm³/mol. The first-order valence-corrected chi connectivity index (χ1v) is 12.0. The Balaban J connectivity index is 1.84. The van der Waals surface area contributed by atoms with Crippen molar-refractivity contribution in [3.05, 3.63) is 45.9 Å². The van der Waals surface area contributed by atoms with Crippen molar-refractivity contribution in [2.24, 2.45) is 0 Å². The number of hydrogen-bond donors (Lipinski definition) is 1. The van der Waals surface area contributed by atoms with Gasteiger partial charge in [0.15, 0.2) is 5.16 Å². The van der Waals surface area contributed by atoms with E-state index in [1.54, 1.807) is 22.0 Å². The van der Waals surface area contributed by atoms with Crippen LogP contribution in [0.25, 0.3) is 20.7 Å². The number of nitrogens with zero attached hydrogens (tertiary/aromatic N) is 2. The second kappa shape index (κ2) is 10.0. The standard InChI is InChI=1S/C20H23N3O2S3/c1-3-5-6-9-21-16(24)13-28-20-22-18-17(19(25)23(20)10-4-2)14(12-27-18)15-8-7-11-26-15/h4,7-8,11-12H,2-3,5-6,9-10,13H2,1H3,(H,21,24). The second-order valence-electron chi connectivity index (χ2n) is 6.25. The first-order valence-electron chi connectivity index (χ1n) is 9.22. The summed E-state index contributed by atoms with van der Waals surface area (Å²) < 4.78 is 1.61. The van der Waals surface area contributed by atoms with Gasteiger partial charge in [-0.2, -0.15) is 0 Å². The van der Waals surface area contributed by atoms with E-state index in [0.717, 1.165) is 29.7 Å². The van der Waals surface area contributed by atoms with Crippen LogP contribution in [0.4, 0.5) is 0 Å². The van der Waals surface area contributed by atoms with Crippen molar-refractivity contribution in [3.63, 3.8) is 0 Å². The third-order valence-electron chi connectivity index (χ3n) is 4.19. The van der Waals surface area contributed by atoms with Crippen LogP contribution in [0, 0.1) is 0 Å². The smallest absolute Gasteiger partial charge is 0.263 e. The molecule has 5 nitrogen and oxygen atoms in total. The monoisotopic (exact) mass is 433 g/mol. The average Bonchev–Trinajstić information content (AvgIpc) is 3.35. The van der Waals surface area contributed by atoms with E-state index < -0.39 is 0 Å². The molecule has 0 radical (unpaired) electrons. The van der Waals surface area contributed by atoms with Gasteiger partial charge in [0.05, 0.1) is 11.1 Å². The van der Waals surface area contributed by atoms with Gasteiger partial charge < -0.3 is 5.32 Å². The Morgan fingerprint density at radius 2 is 2.25 bits per heavy atom. The number of thiophene rings is 2. The number of allylic oxidation sites excluding steroid dienone is 1. The topological polar surface area (TPSA) is 64.0 Å². The summed E-state index contributed by atoms with van der Waals surface area (Å²) in [5, 5.41) is 8.10. The van der Waals surface area contributed by atoms with Crippen LogP contribution in [0.1, 0.15) is 26.2 Å². The molecule has 0 aliphatic rings. The molecule has 0 aliphatic carbocycles. The minimum Gasteiger partial charge on any atom is -0.355 e. The normalized spacial score (nSPS) is 11.0. The fourth-order valence-electron chi connectivity index (χ4n) is 2.80. The zero-order valence-corrected chi connectivity index (χ0v) is 18.2. The lowest BCUT2D eigenvalue weighted by Gasteiger charge is -2.10. The quantitative estimate of drug-likeness (QED) is 0.216. The molecule has 3 aromatic rings. The Labute approximate surface area is 176 Å². The molecule has 0 bridgehead atoms. The number of carbonyl (C=O) groups excluding carboxylic acids is 1. The average molecular weight is 434 g/mol. The highest BCUT2D eigenvalue weighted by atomic mass is 32.2. The summed E-state index contributed by atoms with van der Waals surface area (Å²) in [4.78, 5) is 31.7. The molecule has 0 saturated carbocycles. The van der Waals surface area contributed by atoms with E-state index >= 15 is 0 Å². The van der Waals surface area contributed by atoms with Gasteiger partial charge in [0.2, 0.25) is 5.91 Å². The van der Waals surface area contributed by atoms with Gasteiger partial charge in [-0.15, -0.1) is 29.3 Å². The summed E-state index contributed by atoms with van der Waals surface area (Å²) in [5.41, 5.74) is 0.843. The first kappa shape index (κ1) is 20.8. The van der Waals surface area contributed by atoms with Gasteiger partial charge in [0.1, 0.15) is 4.83 Å². The maximum absolute atomic E-state index is 13.2. The van der Waals surface area contributed by atoms with Crippen LogP contribution in [-0.4, -0.2) is 27.8 Å². The predicted octanol–water partition coefficient (Wildman–Crippen LogP) is 4.77. The van der Waals surface area contributed by atoms with Crippen LogP contribution in [0.15, 0.2) is 45.5 Å². The number of amides is 1. The van der Waals surface area contributed by atoms with E-state index in [2.05, 4.69) is 23.8 Å². The summed E-state index contributed by atoms with van der Waals surface area (Å²) in [6.45, 7) is 6.94. The van der Waals surface area contributed by atoms with Crippen molar-refractivity contribution >= 4 is 50.6 Å². The van der Waals surface area contributed by atoms with Crippen LogP contribution in [0.5, 0.6) is 0 Å². The van der Waals surface area contributed by atoms with E-state index in [4.69, 9.17) is 0 Å². The van der Waals surface area contributed by atoms with E-state index in [0.29, 0.717) is 28.5 Å². The lowest BCUT2D eigenvalue weighted by Crippen LogP contribution is -2.27. The number of hydrogen-bond acceptors (Lipinski definition) is 6. The molecule has 0 atom stereocenters. The Morgan fingerprint density at radius 1 is 1.39 bits per heavy atom. The van der Waals surface area contributed by atoms with Gasteiger partial charge in [0, 0.05) is 28.9 Å². The van der Waals surface area contributed by atoms with Gasteiger partial charge in [-0.1, -0.05) is 43.7 Å². The molecule has 3 rings (SSSR count). The summed E-state index contributed by atoms with van der Waals surface area (Å²) in [6.07, 6.45) is 4.89. The van der Waals surface area contributed by atoms with Crippen LogP contribution < -0.4 is 10.9 Å². The van der Waals surface area contributed by atoms with Crippen LogP contribution in [0.3, 0.4) is 0 Å². The highest BCUT2D eigenvalue weighted by Gasteiger charge is 2.18. The van der Waals surface area contributed by atoms with Crippen LogP contribution in [-0.2, 0) is 11.3 Å². The maximum Gasteiger partial charge on any atom is 0.263 e. The lowest BCUT2D eigenvalue weighted by atomic mass is 10.2. The van der Waals surface area contributed by atoms with Crippen molar-refractivity contribution in [2.45, 2.75) is 37.9 Å². The lowest BCUT2D eigenvalue weighted by molar-refractivity contribution is -0.118. The molecule has 0 aliphatic heterocycles. The fourth-order valence-corrected chi connectivity index (χ4v) is 5.44. The van der Waals surface area contributed by atoms with E-state index in [1.807, 2.05) is 22.9 Å². The number of unbranched alkanes of at least 4 members (excludes halogenated alkanes) is 2. The van der Waals surface area contributed by atoms with Crippen molar-refractivity contribution in [3.8, 4) is 10.4 Å². The number of fused-ring (bicyclic) bond motifs is 1. The van der Waals surface area contributed by atoms with Crippen molar-refractivity contribution in [1.82, 2.24) is 14.9 Å². The summed E-state index contributed by atoms with van der Waals surface area (Å²) in [5.74, 6) is 0.204. The fraction of sp³-hybridized carbons (Fsp3) is 0.350. The Hall–Kier alpha value is -1.90. The molecule has 0 unspecified atom stereocenters. The number of carbonyl (C=O) groups is 1. The van der Waals surface area contributed by atoms with Crippen molar-refractivity contribution < 1.29 is 4.79 Å². The molecule has 148 valence electrons. The number of rotatable bonds is 10. The molecule has 0 fully saturated rings. The molecule has 0 spiro atoms. The maximum atomic E-state index is 13.2. The van der Waals surface area contributed by atoms with Crippen LogP contribution >= 0.6 is 34.4 Å². The number of nitrogens with one attached hydrogen (secondary N) is 1. The largest absolute Gasteiger partial charge is 0.355 e. The highest BCUT2D eigenvalue weighted by Crippen LogP contribution is 2.34. The number of aromatic nitrogens is 2. The zero-order valence-electron chi connectivity index (χ0n) is 15.8. The summed E-state index contributed by atoms with van der Waals surface area (Å²) in [7, 11) is 0. The molecular formula is C20H23N3O2S3. The Morgan fingerprint density at radius 3 is 2.96 bits per heavy atom. The second-order valence-corrected chi connectivity index (χ2v) is 9.00. The molecule has 3 aromatic heterocycles. The molecule has 0 saturated heterocycles. The van der Waals surface area contributed by atoms with Gasteiger partial charge in [0.25, 0.3) is 5.56 Å². The molecule has 1 N–H and O–H groups in total. The van der Waals surface area contributed by atoms with E-state index in [1.165, 1.54) is 23.1 Å². The summed E-state index contributed by atoms with van der Waals surface area (Å²) in [6, 6.07) is 3.98. The summed E-state index contributed by atoms with van der Waals surface area (Å²) >= 11 is 4.36. The number of thioether (sulfide) groups is 1. The molecular weight excluding hydrogens is 410 g/mol. The van der Waals surface area contributed by atoms with Gasteiger partial charge in [-0.25, -0.2) is 4.98 Å². The van der Waals surface area contributed by atoms with Gasteiger partial charge in [-0.05, 0) is 17.9 Å². The van der Waals surface area contributed by atoms with Crippen molar-refractivity contribution in [2.75, 3.05) is 12.3 Å². The third kappa shape index (κ3) is 4.74. The zero-order chi connectivity index (χ0) is 19.9. The van der Waals surface area contributed by atoms with Crippen LogP contribution in [0.2, 0.25) is 0 Å². The molecule has 1 amide bonds. The Kier molecular flexibility index (Phi) is 7.47. The molecule has 28 heavy (non-hydrogen) atoms. The SMILES string of the molecule is C=CCn1c(SCC(=O)NCCCCC)nc2scc(-c3cccs3)c2c1=O. The molecule has 8 heteroatoms. The first-order chi connectivity index (χ1) is 13.7. The van der Waals surface area contributed by atoms with Gasteiger partial charge >= 0.3 is 0 Å². The molecule has 0 aromatic carbocycles. The Bertz CT molecular complexity index is 1010. The van der Waals surface area contributed by atoms with E-state index in [9.17, 15) is 9.59 Å². The van der Waals surface area contributed by atoms with E-state index in [-0.39, 0.29) is 17.2 Å². The minimum atomic E-state index is -0.0830. The van der Waals surface area contributed by atoms with Crippen molar-refractivity contribution in [1.29, 1.82) is 0 Å². The molecule has 3 heterocycles. The highest BCUT2D eigenvalue weighted by molar-refractivity contribution is 7.99.